The van der Waals surface area contributed by atoms with Crippen LogP contribution in [0.25, 0.3) is 0 Å². The SMILES string of the molecule is CCOC(=O)C1=C(C)NC(=S)N[C@H]1c1ccc(OC)c(CN2CCCC2)c1. The second-order valence-corrected chi connectivity index (χ2v) is 7.25. The van der Waals surface area contributed by atoms with E-state index in [0.717, 1.165) is 42.2 Å². The molecule has 2 aliphatic rings. The lowest BCUT2D eigenvalue weighted by molar-refractivity contribution is -0.139. The third kappa shape index (κ3) is 4.42. The number of hydrogen-bond acceptors (Lipinski definition) is 5. The van der Waals surface area contributed by atoms with Crippen molar-refractivity contribution in [3.05, 3.63) is 40.6 Å². The maximum atomic E-state index is 12.5. The molecule has 6 nitrogen and oxygen atoms in total. The number of carbonyl (C=O) groups excluding carboxylic acids is 1. The van der Waals surface area contributed by atoms with Crippen LogP contribution in [0, 0.1) is 0 Å². The number of nitrogens with one attached hydrogen (secondary N) is 2. The Morgan fingerprint density at radius 2 is 2.07 bits per heavy atom. The lowest BCUT2D eigenvalue weighted by Crippen LogP contribution is -2.45. The van der Waals surface area contributed by atoms with Crippen molar-refractivity contribution in [1.29, 1.82) is 0 Å². The molecule has 2 heterocycles. The monoisotopic (exact) mass is 389 g/mol. The summed E-state index contributed by atoms with van der Waals surface area (Å²) in [4.78, 5) is 15.0. The molecule has 1 saturated heterocycles. The Bertz CT molecular complexity index is 757. The molecule has 2 N–H and O–H groups in total. The normalized spacial score (nSPS) is 20.3. The maximum Gasteiger partial charge on any atom is 0.338 e. The molecule has 1 atom stereocenters. The fourth-order valence-corrected chi connectivity index (χ4v) is 3.98. The van der Waals surface area contributed by atoms with E-state index in [2.05, 4.69) is 21.6 Å². The van der Waals surface area contributed by atoms with Gasteiger partial charge in [-0.15, -0.1) is 0 Å². The molecule has 0 aromatic heterocycles. The van der Waals surface area contributed by atoms with Gasteiger partial charge in [0.25, 0.3) is 0 Å². The molecule has 3 rings (SSSR count). The molecule has 0 radical (unpaired) electrons. The van der Waals surface area contributed by atoms with E-state index in [1.54, 1.807) is 14.0 Å². The van der Waals surface area contributed by atoms with Crippen LogP contribution in [0.1, 0.15) is 43.9 Å². The molecule has 0 aliphatic carbocycles. The van der Waals surface area contributed by atoms with Crippen LogP contribution in [0.5, 0.6) is 5.75 Å². The van der Waals surface area contributed by atoms with E-state index in [4.69, 9.17) is 21.7 Å². The standard InChI is InChI=1S/C20H27N3O3S/c1-4-26-19(24)17-13(2)21-20(27)22-18(17)14-7-8-16(25-3)15(11-14)12-23-9-5-6-10-23/h7-8,11,18H,4-6,9-10,12H2,1-3H3,(H2,21,22,27)/t18-/m0/s1. The van der Waals surface area contributed by atoms with Gasteiger partial charge in [-0.2, -0.15) is 0 Å². The smallest absolute Gasteiger partial charge is 0.338 e. The zero-order valence-corrected chi connectivity index (χ0v) is 16.9. The van der Waals surface area contributed by atoms with Crippen molar-refractivity contribution in [3.63, 3.8) is 0 Å². The van der Waals surface area contributed by atoms with Crippen LogP contribution >= 0.6 is 12.2 Å². The maximum absolute atomic E-state index is 12.5. The highest BCUT2D eigenvalue weighted by Crippen LogP contribution is 2.32. The molecule has 0 amide bonds. The van der Waals surface area contributed by atoms with Crippen LogP contribution < -0.4 is 15.4 Å². The van der Waals surface area contributed by atoms with Crippen molar-refractivity contribution in [1.82, 2.24) is 15.5 Å². The highest BCUT2D eigenvalue weighted by atomic mass is 32.1. The quantitative estimate of drug-likeness (QED) is 0.573. The van der Waals surface area contributed by atoms with Gasteiger partial charge in [0.05, 0.1) is 25.3 Å². The van der Waals surface area contributed by atoms with Gasteiger partial charge in [0.15, 0.2) is 5.11 Å². The van der Waals surface area contributed by atoms with Crippen molar-refractivity contribution in [2.75, 3.05) is 26.8 Å². The third-order valence-electron chi connectivity index (χ3n) is 4.99. The summed E-state index contributed by atoms with van der Waals surface area (Å²) in [5.74, 6) is 0.528. The van der Waals surface area contributed by atoms with Gasteiger partial charge in [-0.1, -0.05) is 6.07 Å². The van der Waals surface area contributed by atoms with Crippen LogP contribution in [-0.4, -0.2) is 42.8 Å². The average molecular weight is 390 g/mol. The minimum absolute atomic E-state index is 0.329. The number of esters is 1. The summed E-state index contributed by atoms with van der Waals surface area (Å²) in [5, 5.41) is 6.75. The second kappa shape index (κ2) is 8.71. The highest BCUT2D eigenvalue weighted by molar-refractivity contribution is 7.80. The van der Waals surface area contributed by atoms with Crippen LogP contribution in [0.3, 0.4) is 0 Å². The molecule has 27 heavy (non-hydrogen) atoms. The predicted octanol–water partition coefficient (Wildman–Crippen LogP) is 2.65. The fraction of sp³-hybridized carbons (Fsp3) is 0.500. The van der Waals surface area contributed by atoms with Crippen LogP contribution in [0.4, 0.5) is 0 Å². The van der Waals surface area contributed by atoms with Crippen molar-refractivity contribution in [3.8, 4) is 5.75 Å². The molecule has 1 aromatic rings. The number of hydrogen-bond donors (Lipinski definition) is 2. The van der Waals surface area contributed by atoms with Crippen LogP contribution in [0.2, 0.25) is 0 Å². The largest absolute Gasteiger partial charge is 0.496 e. The first kappa shape index (κ1) is 19.6. The van der Waals surface area contributed by atoms with Gasteiger partial charge in [0, 0.05) is 17.8 Å². The molecule has 0 unspecified atom stereocenters. The number of thiocarbonyl (C=S) groups is 1. The summed E-state index contributed by atoms with van der Waals surface area (Å²) in [6, 6.07) is 5.70. The molecular formula is C20H27N3O3S. The minimum atomic E-state index is -0.346. The van der Waals surface area contributed by atoms with Crippen molar-refractivity contribution in [2.45, 2.75) is 39.3 Å². The van der Waals surface area contributed by atoms with Crippen LogP contribution in [0.15, 0.2) is 29.5 Å². The lowest BCUT2D eigenvalue weighted by atomic mass is 9.94. The summed E-state index contributed by atoms with van der Waals surface area (Å²) >= 11 is 5.32. The van der Waals surface area contributed by atoms with E-state index >= 15 is 0 Å². The first-order valence-electron chi connectivity index (χ1n) is 9.38. The van der Waals surface area contributed by atoms with Gasteiger partial charge >= 0.3 is 5.97 Å². The average Bonchev–Trinajstić information content (AvgIpc) is 3.14. The van der Waals surface area contributed by atoms with Gasteiger partial charge in [-0.05, 0) is 69.7 Å². The third-order valence-corrected chi connectivity index (χ3v) is 5.21. The van der Waals surface area contributed by atoms with Gasteiger partial charge in [0.2, 0.25) is 0 Å². The van der Waals surface area contributed by atoms with Gasteiger partial charge in [0.1, 0.15) is 5.75 Å². The molecule has 0 bridgehead atoms. The Balaban J connectivity index is 1.95. The zero-order valence-electron chi connectivity index (χ0n) is 16.1. The molecule has 2 aliphatic heterocycles. The topological polar surface area (TPSA) is 62.8 Å². The number of benzene rings is 1. The van der Waals surface area contributed by atoms with E-state index in [0.29, 0.717) is 17.3 Å². The first-order chi connectivity index (χ1) is 13.0. The van der Waals surface area contributed by atoms with Crippen molar-refractivity contribution < 1.29 is 14.3 Å². The molecule has 1 aromatic carbocycles. The first-order valence-corrected chi connectivity index (χ1v) is 9.79. The predicted molar refractivity (Wildman–Crippen MR) is 108 cm³/mol. The summed E-state index contributed by atoms with van der Waals surface area (Å²) < 4.78 is 10.8. The number of rotatable bonds is 6. The van der Waals surface area contributed by atoms with E-state index < -0.39 is 0 Å². The Kier molecular flexibility index (Phi) is 6.34. The number of methoxy groups -OCH3 is 1. The Hall–Kier alpha value is -2.12. The van der Waals surface area contributed by atoms with Gasteiger partial charge < -0.3 is 20.1 Å². The van der Waals surface area contributed by atoms with E-state index in [1.807, 2.05) is 19.1 Å². The molecule has 7 heteroatoms. The Labute approximate surface area is 165 Å². The summed E-state index contributed by atoms with van der Waals surface area (Å²) in [6.45, 7) is 7.03. The second-order valence-electron chi connectivity index (χ2n) is 6.85. The van der Waals surface area contributed by atoms with Crippen molar-refractivity contribution >= 4 is 23.3 Å². The van der Waals surface area contributed by atoms with E-state index in [9.17, 15) is 4.79 Å². The van der Waals surface area contributed by atoms with Crippen LogP contribution in [-0.2, 0) is 16.1 Å². The number of likely N-dealkylation sites (tertiary alicyclic amines) is 1. The summed E-state index contributed by atoms with van der Waals surface area (Å²) in [7, 11) is 1.69. The zero-order chi connectivity index (χ0) is 19.4. The van der Waals surface area contributed by atoms with E-state index in [1.165, 1.54) is 12.8 Å². The number of nitrogens with zero attached hydrogens (tertiary/aromatic N) is 1. The van der Waals surface area contributed by atoms with Crippen molar-refractivity contribution in [2.24, 2.45) is 0 Å². The highest BCUT2D eigenvalue weighted by Gasteiger charge is 2.31. The molecule has 146 valence electrons. The Morgan fingerprint density at radius 3 is 2.74 bits per heavy atom. The van der Waals surface area contributed by atoms with Gasteiger partial charge in [-0.25, -0.2) is 4.79 Å². The van der Waals surface area contributed by atoms with E-state index in [-0.39, 0.29) is 12.0 Å². The fourth-order valence-electron chi connectivity index (χ4n) is 3.71. The minimum Gasteiger partial charge on any atom is -0.496 e. The number of allylic oxidation sites excluding steroid dienone is 1. The lowest BCUT2D eigenvalue weighted by Gasteiger charge is -2.30. The van der Waals surface area contributed by atoms with Gasteiger partial charge in [-0.3, -0.25) is 4.90 Å². The molecule has 0 saturated carbocycles. The molecule has 0 spiro atoms. The summed E-state index contributed by atoms with van der Waals surface area (Å²) in [5.41, 5.74) is 3.36. The summed E-state index contributed by atoms with van der Waals surface area (Å²) in [6.07, 6.45) is 2.47. The Morgan fingerprint density at radius 1 is 1.33 bits per heavy atom. The molecular weight excluding hydrogens is 362 g/mol. The number of carbonyl (C=O) groups is 1. The number of ether oxygens (including phenoxy) is 2. The molecule has 1 fully saturated rings.